The van der Waals surface area contributed by atoms with Crippen molar-refractivity contribution in [2.24, 2.45) is 0 Å². The zero-order chi connectivity index (χ0) is 14.8. The van der Waals surface area contributed by atoms with Gasteiger partial charge in [0.25, 0.3) is 0 Å². The molecule has 0 saturated heterocycles. The zero-order valence-electron chi connectivity index (χ0n) is 10.9. The first kappa shape index (κ1) is 14.1. The number of hydrogen-bond donors (Lipinski definition) is 1. The predicted molar refractivity (Wildman–Crippen MR) is 93.8 cm³/mol. The lowest BCUT2D eigenvalue weighted by Gasteiger charge is -2.12. The van der Waals surface area contributed by atoms with Crippen molar-refractivity contribution >= 4 is 54.0 Å². The van der Waals surface area contributed by atoms with Crippen LogP contribution in [-0.4, -0.2) is 0 Å². The third kappa shape index (κ3) is 2.80. The lowest BCUT2D eigenvalue weighted by molar-refractivity contribution is 1.45. The van der Waals surface area contributed by atoms with Crippen LogP contribution in [0.15, 0.2) is 63.5 Å². The van der Waals surface area contributed by atoms with Crippen LogP contribution in [0.5, 0.6) is 0 Å². The number of hydrogen-bond acceptors (Lipinski definition) is 2. The van der Waals surface area contributed by atoms with Crippen molar-refractivity contribution in [1.82, 2.24) is 0 Å². The molecule has 0 spiro atoms. The van der Waals surface area contributed by atoms with Gasteiger partial charge in [0, 0.05) is 20.0 Å². The molecule has 0 radical (unpaired) electrons. The minimum absolute atomic E-state index is 0.608. The maximum absolute atomic E-state index is 9.26. The van der Waals surface area contributed by atoms with E-state index < -0.39 is 0 Å². The second-order valence-corrected chi connectivity index (χ2v) is 6.34. The Kier molecular flexibility index (Phi) is 3.96. The van der Waals surface area contributed by atoms with E-state index in [2.05, 4.69) is 55.4 Å². The molecule has 21 heavy (non-hydrogen) atoms. The summed E-state index contributed by atoms with van der Waals surface area (Å²) in [5, 5.41) is 14.9. The summed E-state index contributed by atoms with van der Waals surface area (Å²) in [7, 11) is 0. The maximum Gasteiger partial charge on any atom is 0.101 e. The summed E-state index contributed by atoms with van der Waals surface area (Å²) in [6.07, 6.45) is 0. The van der Waals surface area contributed by atoms with E-state index in [4.69, 9.17) is 0 Å². The van der Waals surface area contributed by atoms with Gasteiger partial charge in [-0.2, -0.15) is 5.26 Å². The Bertz CT molecular complexity index is 866. The highest BCUT2D eigenvalue weighted by atomic mass is 79.9. The van der Waals surface area contributed by atoms with Crippen LogP contribution in [0.2, 0.25) is 0 Å². The number of fused-ring (bicyclic) bond motifs is 1. The summed E-state index contributed by atoms with van der Waals surface area (Å²) in [6.45, 7) is 0. The molecule has 0 atom stereocenters. The van der Waals surface area contributed by atoms with Crippen LogP contribution in [-0.2, 0) is 0 Å². The maximum atomic E-state index is 9.26. The second kappa shape index (κ2) is 5.88. The van der Waals surface area contributed by atoms with E-state index >= 15 is 0 Å². The molecule has 0 aliphatic heterocycles. The molecular formula is C17H10Br2N2. The summed E-state index contributed by atoms with van der Waals surface area (Å²) in [5.41, 5.74) is 2.39. The van der Waals surface area contributed by atoms with Crippen molar-refractivity contribution in [3.63, 3.8) is 0 Å². The average molecular weight is 402 g/mol. The van der Waals surface area contributed by atoms with Crippen LogP contribution in [0.3, 0.4) is 0 Å². The van der Waals surface area contributed by atoms with E-state index in [-0.39, 0.29) is 0 Å². The van der Waals surface area contributed by atoms with E-state index in [1.165, 1.54) is 0 Å². The molecule has 0 fully saturated rings. The monoisotopic (exact) mass is 400 g/mol. The molecule has 0 saturated carbocycles. The fourth-order valence-corrected chi connectivity index (χ4v) is 3.07. The third-order valence-corrected chi connectivity index (χ3v) is 4.43. The molecule has 0 aliphatic carbocycles. The van der Waals surface area contributed by atoms with Crippen LogP contribution in [0.4, 0.5) is 11.4 Å². The van der Waals surface area contributed by atoms with Crippen molar-refractivity contribution in [3.05, 3.63) is 69.1 Å². The molecule has 0 amide bonds. The molecule has 0 aromatic heterocycles. The molecule has 2 nitrogen and oxygen atoms in total. The molecule has 102 valence electrons. The molecule has 0 aliphatic rings. The van der Waals surface area contributed by atoms with Crippen LogP contribution >= 0.6 is 31.9 Å². The first-order valence-electron chi connectivity index (χ1n) is 6.33. The van der Waals surface area contributed by atoms with E-state index in [1.54, 1.807) is 0 Å². The Morgan fingerprint density at radius 3 is 2.33 bits per heavy atom. The molecule has 1 N–H and O–H groups in total. The van der Waals surface area contributed by atoms with E-state index in [0.29, 0.717) is 5.56 Å². The summed E-state index contributed by atoms with van der Waals surface area (Å²) in [5.74, 6) is 0. The van der Waals surface area contributed by atoms with Gasteiger partial charge < -0.3 is 5.32 Å². The smallest absolute Gasteiger partial charge is 0.101 e. The lowest BCUT2D eigenvalue weighted by Crippen LogP contribution is -1.95. The predicted octanol–water partition coefficient (Wildman–Crippen LogP) is 5.98. The van der Waals surface area contributed by atoms with Crippen molar-refractivity contribution in [2.45, 2.75) is 0 Å². The van der Waals surface area contributed by atoms with E-state index in [0.717, 1.165) is 31.1 Å². The Morgan fingerprint density at radius 1 is 0.857 bits per heavy atom. The minimum atomic E-state index is 0.608. The van der Waals surface area contributed by atoms with Crippen molar-refractivity contribution in [1.29, 1.82) is 5.26 Å². The summed E-state index contributed by atoms with van der Waals surface area (Å²) >= 11 is 6.95. The van der Waals surface area contributed by atoms with Crippen molar-refractivity contribution in [2.75, 3.05) is 5.32 Å². The topological polar surface area (TPSA) is 35.8 Å². The van der Waals surface area contributed by atoms with Gasteiger partial charge in [0.2, 0.25) is 0 Å². The summed E-state index contributed by atoms with van der Waals surface area (Å²) in [6, 6.07) is 20.0. The highest BCUT2D eigenvalue weighted by Gasteiger charge is 2.07. The first-order valence-corrected chi connectivity index (χ1v) is 7.91. The van der Waals surface area contributed by atoms with Gasteiger partial charge in [-0.3, -0.25) is 0 Å². The van der Waals surface area contributed by atoms with Gasteiger partial charge >= 0.3 is 0 Å². The quantitative estimate of drug-likeness (QED) is 0.573. The number of benzene rings is 3. The van der Waals surface area contributed by atoms with Gasteiger partial charge in [-0.1, -0.05) is 56.1 Å². The molecule has 0 bridgehead atoms. The fraction of sp³-hybridized carbons (Fsp3) is 0. The Balaban J connectivity index is 2.11. The van der Waals surface area contributed by atoms with Crippen LogP contribution in [0, 0.1) is 11.3 Å². The molecule has 3 aromatic carbocycles. The molecule has 3 rings (SSSR count). The molecule has 3 aromatic rings. The highest BCUT2D eigenvalue weighted by molar-refractivity contribution is 9.11. The summed E-state index contributed by atoms with van der Waals surface area (Å²) < 4.78 is 1.95. The van der Waals surface area contributed by atoms with Gasteiger partial charge in [0.1, 0.15) is 6.07 Å². The third-order valence-electron chi connectivity index (χ3n) is 3.24. The number of nitriles is 1. The SMILES string of the molecule is N#Cc1cc(Br)ccc1Nc1ccc(Br)c2ccccc12. The van der Waals surface area contributed by atoms with Crippen LogP contribution in [0.1, 0.15) is 5.56 Å². The Morgan fingerprint density at radius 2 is 1.57 bits per heavy atom. The van der Waals surface area contributed by atoms with E-state index in [9.17, 15) is 5.26 Å². The van der Waals surface area contributed by atoms with Gasteiger partial charge in [0.15, 0.2) is 0 Å². The van der Waals surface area contributed by atoms with Gasteiger partial charge in [-0.05, 0) is 35.7 Å². The zero-order valence-corrected chi connectivity index (χ0v) is 14.1. The summed E-state index contributed by atoms with van der Waals surface area (Å²) in [4.78, 5) is 0. The van der Waals surface area contributed by atoms with Gasteiger partial charge in [-0.25, -0.2) is 0 Å². The normalized spacial score (nSPS) is 10.3. The lowest BCUT2D eigenvalue weighted by atomic mass is 10.1. The van der Waals surface area contributed by atoms with Crippen molar-refractivity contribution in [3.8, 4) is 6.07 Å². The standard InChI is InChI=1S/C17H10Br2N2/c18-12-5-7-16(11(9-12)10-20)21-17-8-6-15(19)13-3-1-2-4-14(13)17/h1-9,21H. The number of halogens is 2. The molecule has 4 heteroatoms. The highest BCUT2D eigenvalue weighted by Crippen LogP contribution is 2.33. The van der Waals surface area contributed by atoms with Crippen LogP contribution in [0.25, 0.3) is 10.8 Å². The second-order valence-electron chi connectivity index (χ2n) is 4.57. The first-order chi connectivity index (χ1) is 10.2. The molecular weight excluding hydrogens is 392 g/mol. The largest absolute Gasteiger partial charge is 0.354 e. The Hall–Kier alpha value is -1.83. The number of nitrogens with zero attached hydrogens (tertiary/aromatic N) is 1. The molecule has 0 heterocycles. The number of rotatable bonds is 2. The van der Waals surface area contributed by atoms with Gasteiger partial charge in [0.05, 0.1) is 11.3 Å². The number of nitrogens with one attached hydrogen (secondary N) is 1. The minimum Gasteiger partial charge on any atom is -0.354 e. The fourth-order valence-electron chi connectivity index (χ4n) is 2.23. The molecule has 0 unspecified atom stereocenters. The average Bonchev–Trinajstić information content (AvgIpc) is 2.52. The van der Waals surface area contributed by atoms with Crippen LogP contribution < -0.4 is 5.32 Å². The van der Waals surface area contributed by atoms with Gasteiger partial charge in [-0.15, -0.1) is 0 Å². The van der Waals surface area contributed by atoms with Crippen molar-refractivity contribution < 1.29 is 0 Å². The van der Waals surface area contributed by atoms with E-state index in [1.807, 2.05) is 42.5 Å². The Labute approximate surface area is 139 Å². The number of anilines is 2.